The Morgan fingerprint density at radius 2 is 1.77 bits per heavy atom. The lowest BCUT2D eigenvalue weighted by atomic mass is 9.95. The number of fused-ring (bicyclic) bond motifs is 1. The number of primary amides is 1. The van der Waals surface area contributed by atoms with Gasteiger partial charge < -0.3 is 21.7 Å². The summed E-state index contributed by atoms with van der Waals surface area (Å²) in [6, 6.07) is 6.70. The van der Waals surface area contributed by atoms with Gasteiger partial charge >= 0.3 is 0 Å². The molecule has 0 radical (unpaired) electrons. The summed E-state index contributed by atoms with van der Waals surface area (Å²) in [5.41, 5.74) is 7.40. The molecule has 2 amide bonds. The maximum absolute atomic E-state index is 12.6. The number of hydrogen-bond acceptors (Lipinski definition) is 4. The standard InChI is InChI=1S/C19H18BrCl3N4O2S2/c20-10-7-5-9(6-8-10)15(29)25-17(19(21,22)23)27-18(30)26-16-13(14(24)28)11-3-1-2-4-12(11)31-16/h5-8,17H,1-4H2,(H2,24,28)(H,25,29)(H2,26,27,30). The molecule has 5 N–H and O–H groups in total. The van der Waals surface area contributed by atoms with Crippen LogP contribution in [0.15, 0.2) is 28.7 Å². The normalized spacial score (nSPS) is 14.3. The fourth-order valence-corrected chi connectivity index (χ4v) is 5.38. The number of alkyl halides is 3. The van der Waals surface area contributed by atoms with Gasteiger partial charge in [0.2, 0.25) is 3.79 Å². The number of amides is 2. The molecule has 0 aliphatic heterocycles. The molecule has 6 nitrogen and oxygen atoms in total. The average Bonchev–Trinajstić information content (AvgIpc) is 3.05. The molecule has 0 bridgehead atoms. The van der Waals surface area contributed by atoms with Crippen LogP contribution in [0.2, 0.25) is 0 Å². The van der Waals surface area contributed by atoms with E-state index in [9.17, 15) is 9.59 Å². The van der Waals surface area contributed by atoms with Crippen LogP contribution in [0, 0.1) is 0 Å². The molecule has 31 heavy (non-hydrogen) atoms. The second-order valence-corrected chi connectivity index (χ2v) is 11.6. The van der Waals surface area contributed by atoms with Crippen molar-refractivity contribution in [2.45, 2.75) is 35.6 Å². The number of carbonyl (C=O) groups excluding carboxylic acids is 2. The van der Waals surface area contributed by atoms with Gasteiger partial charge in [-0.1, -0.05) is 50.7 Å². The summed E-state index contributed by atoms with van der Waals surface area (Å²) in [5, 5.41) is 9.02. The number of thiophene rings is 1. The molecule has 1 aliphatic carbocycles. The molecule has 3 rings (SSSR count). The smallest absolute Gasteiger partial charge is 0.252 e. The van der Waals surface area contributed by atoms with E-state index < -0.39 is 21.8 Å². The molecule has 1 aromatic heterocycles. The van der Waals surface area contributed by atoms with Gasteiger partial charge in [0.1, 0.15) is 11.2 Å². The highest BCUT2D eigenvalue weighted by atomic mass is 79.9. The van der Waals surface area contributed by atoms with Crippen molar-refractivity contribution in [2.75, 3.05) is 5.32 Å². The molecule has 0 saturated heterocycles. The van der Waals surface area contributed by atoms with Crippen molar-refractivity contribution in [3.8, 4) is 0 Å². The Morgan fingerprint density at radius 1 is 1.13 bits per heavy atom. The van der Waals surface area contributed by atoms with Crippen LogP contribution >= 0.6 is 74.3 Å². The zero-order valence-electron chi connectivity index (χ0n) is 15.9. The van der Waals surface area contributed by atoms with Crippen LogP contribution in [0.4, 0.5) is 5.00 Å². The molecule has 1 aliphatic rings. The van der Waals surface area contributed by atoms with E-state index in [-0.39, 0.29) is 5.11 Å². The van der Waals surface area contributed by atoms with Crippen molar-refractivity contribution in [2.24, 2.45) is 5.73 Å². The molecule has 166 valence electrons. The predicted molar refractivity (Wildman–Crippen MR) is 135 cm³/mol. The fraction of sp³-hybridized carbons (Fsp3) is 0.316. The number of anilines is 1. The summed E-state index contributed by atoms with van der Waals surface area (Å²) < 4.78 is -1.08. The van der Waals surface area contributed by atoms with Gasteiger partial charge in [0.05, 0.1) is 5.56 Å². The Balaban J connectivity index is 1.75. The highest BCUT2D eigenvalue weighted by Gasteiger charge is 2.35. The molecule has 0 saturated carbocycles. The number of hydrogen-bond donors (Lipinski definition) is 4. The summed E-state index contributed by atoms with van der Waals surface area (Å²) >= 11 is 28.3. The van der Waals surface area contributed by atoms with Crippen molar-refractivity contribution in [1.29, 1.82) is 0 Å². The largest absolute Gasteiger partial charge is 0.365 e. The Morgan fingerprint density at radius 3 is 2.39 bits per heavy atom. The van der Waals surface area contributed by atoms with Crippen molar-refractivity contribution in [3.05, 3.63) is 50.3 Å². The average molecular weight is 585 g/mol. The number of halogens is 4. The number of nitrogens with two attached hydrogens (primary N) is 1. The first-order valence-electron chi connectivity index (χ1n) is 9.21. The van der Waals surface area contributed by atoms with E-state index in [1.54, 1.807) is 24.3 Å². The lowest BCUT2D eigenvalue weighted by Gasteiger charge is -2.27. The zero-order valence-corrected chi connectivity index (χ0v) is 21.4. The minimum Gasteiger partial charge on any atom is -0.365 e. The molecule has 1 atom stereocenters. The van der Waals surface area contributed by atoms with Crippen LogP contribution in [0.25, 0.3) is 0 Å². The molecule has 1 heterocycles. The van der Waals surface area contributed by atoms with Gasteiger partial charge in [0.25, 0.3) is 11.8 Å². The van der Waals surface area contributed by atoms with Crippen molar-refractivity contribution in [1.82, 2.24) is 10.6 Å². The first-order chi connectivity index (χ1) is 14.6. The van der Waals surface area contributed by atoms with Crippen LogP contribution < -0.4 is 21.7 Å². The summed E-state index contributed by atoms with van der Waals surface area (Å²) in [7, 11) is 0. The number of aryl methyl sites for hydroxylation is 1. The number of benzene rings is 1. The third-order valence-electron chi connectivity index (χ3n) is 4.63. The molecule has 12 heteroatoms. The van der Waals surface area contributed by atoms with Crippen LogP contribution in [0.1, 0.15) is 44.0 Å². The van der Waals surface area contributed by atoms with Crippen molar-refractivity contribution >= 4 is 96.2 Å². The molecular weight excluding hydrogens is 567 g/mol. The van der Waals surface area contributed by atoms with E-state index >= 15 is 0 Å². The van der Waals surface area contributed by atoms with Gasteiger partial charge in [-0.3, -0.25) is 9.59 Å². The van der Waals surface area contributed by atoms with Gasteiger partial charge in [0.15, 0.2) is 5.11 Å². The van der Waals surface area contributed by atoms with Crippen LogP contribution in [0.5, 0.6) is 0 Å². The zero-order chi connectivity index (χ0) is 22.8. The van der Waals surface area contributed by atoms with E-state index in [0.717, 1.165) is 40.6 Å². The quantitative estimate of drug-likeness (QED) is 0.228. The number of nitrogens with one attached hydrogen (secondary N) is 3. The van der Waals surface area contributed by atoms with Gasteiger partial charge in [-0.15, -0.1) is 11.3 Å². The summed E-state index contributed by atoms with van der Waals surface area (Å²) in [6.07, 6.45) is 2.61. The highest BCUT2D eigenvalue weighted by molar-refractivity contribution is 9.10. The van der Waals surface area contributed by atoms with E-state index in [2.05, 4.69) is 31.9 Å². The fourth-order valence-electron chi connectivity index (χ4n) is 3.20. The third-order valence-corrected chi connectivity index (χ3v) is 7.24. The van der Waals surface area contributed by atoms with E-state index in [4.69, 9.17) is 52.8 Å². The van der Waals surface area contributed by atoms with Crippen molar-refractivity contribution in [3.63, 3.8) is 0 Å². The molecular formula is C19H18BrCl3N4O2S2. The predicted octanol–water partition coefficient (Wildman–Crippen LogP) is 4.90. The van der Waals surface area contributed by atoms with Crippen LogP contribution in [0.3, 0.4) is 0 Å². The van der Waals surface area contributed by atoms with Crippen LogP contribution in [-0.4, -0.2) is 26.9 Å². The topological polar surface area (TPSA) is 96.2 Å². The molecule has 0 spiro atoms. The highest BCUT2D eigenvalue weighted by Crippen LogP contribution is 2.38. The summed E-state index contributed by atoms with van der Waals surface area (Å²) in [6.45, 7) is 0. The first kappa shape index (κ1) is 24.5. The second kappa shape index (κ2) is 10.2. The molecule has 1 aromatic carbocycles. The Bertz CT molecular complexity index is 1010. The molecule has 2 aromatic rings. The molecule has 0 fully saturated rings. The second-order valence-electron chi connectivity index (χ2n) is 6.83. The van der Waals surface area contributed by atoms with Crippen molar-refractivity contribution < 1.29 is 9.59 Å². The summed E-state index contributed by atoms with van der Waals surface area (Å²) in [5.74, 6) is -0.977. The Hall–Kier alpha value is -1.10. The number of carbonyl (C=O) groups is 2. The lowest BCUT2D eigenvalue weighted by Crippen LogP contribution is -2.56. The van der Waals surface area contributed by atoms with Crippen LogP contribution in [-0.2, 0) is 12.8 Å². The minimum absolute atomic E-state index is 0.0773. The Kier molecular flexibility index (Phi) is 8.10. The maximum atomic E-state index is 12.6. The number of rotatable bonds is 5. The SMILES string of the molecule is NC(=O)c1c(NC(=S)NC(NC(=O)c2ccc(Br)cc2)C(Cl)(Cl)Cl)sc2c1CCCC2. The van der Waals surface area contributed by atoms with E-state index in [1.807, 2.05) is 0 Å². The van der Waals surface area contributed by atoms with Gasteiger partial charge in [-0.05, 0) is 67.7 Å². The maximum Gasteiger partial charge on any atom is 0.252 e. The lowest BCUT2D eigenvalue weighted by molar-refractivity contribution is 0.0933. The third kappa shape index (κ3) is 6.24. The van der Waals surface area contributed by atoms with Gasteiger partial charge in [-0.25, -0.2) is 0 Å². The monoisotopic (exact) mass is 582 g/mol. The van der Waals surface area contributed by atoms with E-state index in [1.165, 1.54) is 11.3 Å². The van der Waals surface area contributed by atoms with E-state index in [0.29, 0.717) is 16.1 Å². The van der Waals surface area contributed by atoms with Gasteiger partial charge in [0, 0.05) is 14.9 Å². The first-order valence-corrected chi connectivity index (χ1v) is 12.4. The minimum atomic E-state index is -1.90. The Labute approximate surface area is 212 Å². The van der Waals surface area contributed by atoms with Gasteiger partial charge in [-0.2, -0.15) is 0 Å². The number of thiocarbonyl (C=S) groups is 1. The molecule has 1 unspecified atom stereocenters. The summed E-state index contributed by atoms with van der Waals surface area (Å²) in [4.78, 5) is 25.7.